The molecule has 1 aromatic rings. The Morgan fingerprint density at radius 1 is 1.53 bits per heavy atom. The molecule has 5 heteroatoms. The molecule has 1 heterocycles. The van der Waals surface area contributed by atoms with Crippen molar-refractivity contribution in [1.29, 1.82) is 0 Å². The highest BCUT2D eigenvalue weighted by Crippen LogP contribution is 2.59. The summed E-state index contributed by atoms with van der Waals surface area (Å²) in [5.74, 6) is 0.427. The van der Waals surface area contributed by atoms with Gasteiger partial charge in [-0.3, -0.25) is 4.79 Å². The third-order valence-electron chi connectivity index (χ3n) is 3.30. The Bertz CT molecular complexity index is 446. The molecule has 0 bridgehead atoms. The summed E-state index contributed by atoms with van der Waals surface area (Å²) in [6, 6.07) is 0. The molecule has 0 aromatic carbocycles. The number of carbonyl (C=O) groups excluding carboxylic acids is 1. The summed E-state index contributed by atoms with van der Waals surface area (Å²) in [7, 11) is 0. The van der Waals surface area contributed by atoms with Crippen molar-refractivity contribution >= 4 is 22.4 Å². The lowest BCUT2D eigenvalue weighted by molar-refractivity contribution is -0.118. The third-order valence-corrected chi connectivity index (χ3v) is 3.90. The largest absolute Gasteiger partial charge is 0.300 e. The minimum Gasteiger partial charge on any atom is -0.300 e. The predicted octanol–water partition coefficient (Wildman–Crippen LogP) is 2.72. The molecule has 0 radical (unpaired) electrons. The normalized spacial score (nSPS) is 25.2. The van der Waals surface area contributed by atoms with Gasteiger partial charge in [-0.1, -0.05) is 36.8 Å². The molecule has 1 fully saturated rings. The number of nitrogens with zero attached hydrogens (tertiary/aromatic N) is 2. The van der Waals surface area contributed by atoms with Crippen molar-refractivity contribution in [2.75, 3.05) is 5.32 Å². The van der Waals surface area contributed by atoms with Crippen LogP contribution in [0, 0.1) is 17.3 Å². The van der Waals surface area contributed by atoms with Crippen molar-refractivity contribution in [1.82, 2.24) is 10.2 Å². The van der Waals surface area contributed by atoms with E-state index < -0.39 is 0 Å². The molecule has 2 rings (SSSR count). The van der Waals surface area contributed by atoms with Gasteiger partial charge in [0.1, 0.15) is 5.51 Å². The Balaban J connectivity index is 2.04. The predicted molar refractivity (Wildman–Crippen MR) is 68.7 cm³/mol. The topological polar surface area (TPSA) is 54.9 Å². The zero-order valence-electron chi connectivity index (χ0n) is 10.5. The molecule has 1 aliphatic carbocycles. The van der Waals surface area contributed by atoms with E-state index in [1.165, 1.54) is 16.9 Å². The van der Waals surface area contributed by atoms with Crippen molar-refractivity contribution in [3.63, 3.8) is 0 Å². The van der Waals surface area contributed by atoms with Crippen LogP contribution in [0.4, 0.5) is 5.13 Å². The zero-order chi connectivity index (χ0) is 12.6. The number of allylic oxidation sites excluding steroid dienone is 2. The van der Waals surface area contributed by atoms with E-state index in [4.69, 9.17) is 0 Å². The fourth-order valence-electron chi connectivity index (χ4n) is 2.26. The Hall–Kier alpha value is -1.23. The van der Waals surface area contributed by atoms with E-state index in [0.717, 1.165) is 0 Å². The van der Waals surface area contributed by atoms with Gasteiger partial charge in [-0.25, -0.2) is 0 Å². The minimum absolute atomic E-state index is 0.0429. The standard InChI is InChI=1S/C12H17N3OS/c1-7(2)5-8-9(12(8,3)4)10(16)14-11-15-13-6-17-11/h5-6,8-9H,1-4H3,(H,14,15,16)/t8-,9-/m1/s1. The van der Waals surface area contributed by atoms with Gasteiger partial charge in [0.2, 0.25) is 11.0 Å². The Morgan fingerprint density at radius 2 is 2.24 bits per heavy atom. The average Bonchev–Trinajstić information content (AvgIpc) is 2.64. The maximum atomic E-state index is 12.1. The van der Waals surface area contributed by atoms with Gasteiger partial charge in [0.05, 0.1) is 5.92 Å². The number of amides is 1. The number of aromatic nitrogens is 2. The van der Waals surface area contributed by atoms with Crippen LogP contribution in [-0.2, 0) is 4.79 Å². The minimum atomic E-state index is 0.0429. The van der Waals surface area contributed by atoms with Gasteiger partial charge in [-0.2, -0.15) is 0 Å². The Labute approximate surface area is 105 Å². The van der Waals surface area contributed by atoms with Crippen LogP contribution in [0.15, 0.2) is 17.2 Å². The van der Waals surface area contributed by atoms with Crippen molar-refractivity contribution in [2.45, 2.75) is 27.7 Å². The molecule has 1 amide bonds. The van der Waals surface area contributed by atoms with E-state index in [2.05, 4.69) is 49.3 Å². The van der Waals surface area contributed by atoms with E-state index in [1.54, 1.807) is 5.51 Å². The lowest BCUT2D eigenvalue weighted by Gasteiger charge is -2.01. The second kappa shape index (κ2) is 4.22. The summed E-state index contributed by atoms with van der Waals surface area (Å²) in [5.41, 5.74) is 2.92. The number of anilines is 1. The first-order valence-corrected chi connectivity index (χ1v) is 6.53. The first-order chi connectivity index (χ1) is 7.93. The first-order valence-electron chi connectivity index (χ1n) is 5.65. The Morgan fingerprint density at radius 3 is 2.76 bits per heavy atom. The van der Waals surface area contributed by atoms with Gasteiger partial charge in [0.15, 0.2) is 0 Å². The number of hydrogen-bond acceptors (Lipinski definition) is 4. The van der Waals surface area contributed by atoms with Crippen LogP contribution in [-0.4, -0.2) is 16.1 Å². The van der Waals surface area contributed by atoms with E-state index >= 15 is 0 Å². The van der Waals surface area contributed by atoms with Gasteiger partial charge in [-0.15, -0.1) is 10.2 Å². The molecule has 0 spiro atoms. The highest BCUT2D eigenvalue weighted by molar-refractivity contribution is 7.13. The molecule has 0 aliphatic heterocycles. The number of hydrogen-bond donors (Lipinski definition) is 1. The molecule has 1 aromatic heterocycles. The summed E-state index contributed by atoms with van der Waals surface area (Å²) in [5, 5.41) is 10.9. The van der Waals surface area contributed by atoms with Crippen LogP contribution in [0.5, 0.6) is 0 Å². The van der Waals surface area contributed by atoms with Crippen LogP contribution in [0.25, 0.3) is 0 Å². The van der Waals surface area contributed by atoms with Crippen molar-refractivity contribution < 1.29 is 4.79 Å². The van der Waals surface area contributed by atoms with Gasteiger partial charge < -0.3 is 5.32 Å². The lowest BCUT2D eigenvalue weighted by Crippen LogP contribution is -2.16. The molecule has 1 aliphatic rings. The number of nitrogens with one attached hydrogen (secondary N) is 1. The zero-order valence-corrected chi connectivity index (χ0v) is 11.3. The fourth-order valence-corrected chi connectivity index (χ4v) is 2.71. The fraction of sp³-hybridized carbons (Fsp3) is 0.583. The van der Waals surface area contributed by atoms with Crippen LogP contribution >= 0.6 is 11.3 Å². The number of carbonyl (C=O) groups is 1. The van der Waals surface area contributed by atoms with Gasteiger partial charge >= 0.3 is 0 Å². The molecule has 1 N–H and O–H groups in total. The molecule has 17 heavy (non-hydrogen) atoms. The van der Waals surface area contributed by atoms with E-state index in [1.807, 2.05) is 0 Å². The summed E-state index contributed by atoms with van der Waals surface area (Å²) in [6.45, 7) is 8.38. The second-order valence-corrected chi connectivity index (χ2v) is 6.14. The molecule has 4 nitrogen and oxygen atoms in total. The first kappa shape index (κ1) is 12.2. The molecular weight excluding hydrogens is 234 g/mol. The third kappa shape index (κ3) is 2.39. The van der Waals surface area contributed by atoms with E-state index in [0.29, 0.717) is 11.0 Å². The molecule has 92 valence electrons. The molecule has 2 atom stereocenters. The lowest BCUT2D eigenvalue weighted by atomic mass is 10.1. The molecular formula is C12H17N3OS. The molecule has 0 unspecified atom stereocenters. The maximum absolute atomic E-state index is 12.1. The highest BCUT2D eigenvalue weighted by atomic mass is 32.1. The van der Waals surface area contributed by atoms with Crippen molar-refractivity contribution in [3.05, 3.63) is 17.2 Å². The van der Waals surface area contributed by atoms with Gasteiger partial charge in [-0.05, 0) is 25.2 Å². The molecule has 0 saturated heterocycles. The van der Waals surface area contributed by atoms with Gasteiger partial charge in [0, 0.05) is 0 Å². The average molecular weight is 251 g/mol. The smallest absolute Gasteiger partial charge is 0.230 e. The van der Waals surface area contributed by atoms with E-state index in [9.17, 15) is 4.79 Å². The second-order valence-electron chi connectivity index (χ2n) is 5.30. The summed E-state index contributed by atoms with van der Waals surface area (Å²) >= 11 is 1.34. The van der Waals surface area contributed by atoms with Crippen LogP contribution in [0.2, 0.25) is 0 Å². The van der Waals surface area contributed by atoms with Crippen molar-refractivity contribution in [2.24, 2.45) is 17.3 Å². The highest BCUT2D eigenvalue weighted by Gasteiger charge is 2.60. The van der Waals surface area contributed by atoms with Crippen LogP contribution < -0.4 is 5.32 Å². The monoisotopic (exact) mass is 251 g/mol. The van der Waals surface area contributed by atoms with Crippen LogP contribution in [0.3, 0.4) is 0 Å². The van der Waals surface area contributed by atoms with Crippen molar-refractivity contribution in [3.8, 4) is 0 Å². The summed E-state index contributed by atoms with van der Waals surface area (Å²) < 4.78 is 0. The summed E-state index contributed by atoms with van der Waals surface area (Å²) in [4.78, 5) is 12.1. The SMILES string of the molecule is CC(C)=C[C@@H]1[C@H](C(=O)Nc2nncs2)C1(C)C. The van der Waals surface area contributed by atoms with E-state index in [-0.39, 0.29) is 17.2 Å². The Kier molecular flexibility index (Phi) is 3.03. The quantitative estimate of drug-likeness (QED) is 0.840. The number of rotatable bonds is 3. The van der Waals surface area contributed by atoms with Gasteiger partial charge in [0.25, 0.3) is 0 Å². The maximum Gasteiger partial charge on any atom is 0.230 e. The van der Waals surface area contributed by atoms with Crippen LogP contribution in [0.1, 0.15) is 27.7 Å². The molecule has 1 saturated carbocycles. The summed E-state index contributed by atoms with van der Waals surface area (Å²) in [6.07, 6.45) is 2.18.